The number of nitrogens with zero attached hydrogens (tertiary/aromatic N) is 1. The van der Waals surface area contributed by atoms with Gasteiger partial charge in [-0.2, -0.15) is 0 Å². The lowest BCUT2D eigenvalue weighted by atomic mass is 10.2. The third-order valence-corrected chi connectivity index (χ3v) is 2.60. The molecule has 0 atom stereocenters. The second-order valence-corrected chi connectivity index (χ2v) is 9.12. The Morgan fingerprint density at radius 1 is 1.43 bits per heavy atom. The fraction of sp³-hybridized carbons (Fsp3) is 0.545. The van der Waals surface area contributed by atoms with Crippen molar-refractivity contribution in [2.75, 3.05) is 0 Å². The summed E-state index contributed by atoms with van der Waals surface area (Å²) in [6.07, 6.45) is 6.22. The molecule has 0 N–H and O–H groups in total. The number of hydrogen-bond acceptors (Lipinski definition) is 2. The molecule has 3 heteroatoms. The summed E-state index contributed by atoms with van der Waals surface area (Å²) in [5.74, 6) is 4.20. The van der Waals surface area contributed by atoms with E-state index in [9.17, 15) is 0 Å². The van der Waals surface area contributed by atoms with Gasteiger partial charge in [0.1, 0.15) is 13.8 Å². The van der Waals surface area contributed by atoms with Crippen LogP contribution in [0.3, 0.4) is 0 Å². The van der Waals surface area contributed by atoms with Crippen LogP contribution >= 0.6 is 0 Å². The standard InChI is InChI=1S/C11H17NOSi/c1-14(2,3)8-6-4-5-7-11-9-12-10-13-11/h9-10H,4-5,7H2,1-3H3. The molecule has 0 bridgehead atoms. The zero-order chi connectivity index (χ0) is 10.4. The van der Waals surface area contributed by atoms with Gasteiger partial charge in [0.05, 0.1) is 6.20 Å². The van der Waals surface area contributed by atoms with Gasteiger partial charge in [0.25, 0.3) is 0 Å². The van der Waals surface area contributed by atoms with E-state index >= 15 is 0 Å². The highest BCUT2D eigenvalue weighted by Gasteiger charge is 2.06. The van der Waals surface area contributed by atoms with Gasteiger partial charge in [-0.25, -0.2) is 4.98 Å². The SMILES string of the molecule is C[Si](C)(C)C#CCCCc1cnco1. The topological polar surface area (TPSA) is 26.0 Å². The summed E-state index contributed by atoms with van der Waals surface area (Å²) in [4.78, 5) is 3.86. The molecule has 0 amide bonds. The molecule has 1 aromatic rings. The van der Waals surface area contributed by atoms with E-state index < -0.39 is 8.07 Å². The van der Waals surface area contributed by atoms with E-state index in [1.54, 1.807) is 6.20 Å². The van der Waals surface area contributed by atoms with Crippen LogP contribution in [-0.4, -0.2) is 13.1 Å². The van der Waals surface area contributed by atoms with Gasteiger partial charge in [0.15, 0.2) is 6.39 Å². The minimum atomic E-state index is -1.17. The second kappa shape index (κ2) is 5.01. The van der Waals surface area contributed by atoms with Gasteiger partial charge in [-0.1, -0.05) is 19.6 Å². The molecular weight excluding hydrogens is 190 g/mol. The molecule has 0 radical (unpaired) electrons. The molecule has 0 aliphatic rings. The lowest BCUT2D eigenvalue weighted by Crippen LogP contribution is -2.16. The Morgan fingerprint density at radius 2 is 2.21 bits per heavy atom. The van der Waals surface area contributed by atoms with Gasteiger partial charge in [-0.05, 0) is 6.42 Å². The Bertz CT molecular complexity index is 313. The number of aryl methyl sites for hydroxylation is 1. The number of rotatable bonds is 3. The molecule has 0 saturated carbocycles. The zero-order valence-corrected chi connectivity index (χ0v) is 10.1. The van der Waals surface area contributed by atoms with Crippen LogP contribution in [0, 0.1) is 11.5 Å². The molecule has 2 nitrogen and oxygen atoms in total. The molecule has 0 spiro atoms. The highest BCUT2D eigenvalue weighted by atomic mass is 28.3. The summed E-state index contributed by atoms with van der Waals surface area (Å²) in [6.45, 7) is 6.78. The molecule has 0 aromatic carbocycles. The van der Waals surface area contributed by atoms with Crippen LogP contribution in [0.25, 0.3) is 0 Å². The van der Waals surface area contributed by atoms with E-state index in [2.05, 4.69) is 36.1 Å². The molecule has 1 heterocycles. The molecule has 1 aromatic heterocycles. The van der Waals surface area contributed by atoms with Crippen molar-refractivity contribution < 1.29 is 4.42 Å². The minimum absolute atomic E-state index is 0.945. The van der Waals surface area contributed by atoms with E-state index in [-0.39, 0.29) is 0 Å². The Balaban J connectivity index is 2.19. The van der Waals surface area contributed by atoms with Gasteiger partial charge < -0.3 is 4.42 Å². The van der Waals surface area contributed by atoms with Crippen LogP contribution in [0.5, 0.6) is 0 Å². The molecule has 1 rings (SSSR count). The van der Waals surface area contributed by atoms with Crippen LogP contribution < -0.4 is 0 Å². The van der Waals surface area contributed by atoms with Crippen molar-refractivity contribution in [3.05, 3.63) is 18.4 Å². The van der Waals surface area contributed by atoms with E-state index in [4.69, 9.17) is 4.42 Å². The number of unbranched alkanes of at least 4 members (excludes halogenated alkanes) is 1. The molecule has 0 aliphatic heterocycles. The predicted octanol–water partition coefficient (Wildman–Crippen LogP) is 2.88. The van der Waals surface area contributed by atoms with Gasteiger partial charge in [-0.15, -0.1) is 11.5 Å². The van der Waals surface area contributed by atoms with Gasteiger partial charge >= 0.3 is 0 Å². The van der Waals surface area contributed by atoms with Crippen molar-refractivity contribution in [1.29, 1.82) is 0 Å². The van der Waals surface area contributed by atoms with Crippen molar-refractivity contribution >= 4 is 8.07 Å². The van der Waals surface area contributed by atoms with Crippen molar-refractivity contribution in [2.24, 2.45) is 0 Å². The zero-order valence-electron chi connectivity index (χ0n) is 9.13. The van der Waals surface area contributed by atoms with E-state index in [0.29, 0.717) is 0 Å². The van der Waals surface area contributed by atoms with E-state index in [1.165, 1.54) is 6.39 Å². The average Bonchev–Trinajstić information content (AvgIpc) is 2.54. The summed E-state index contributed by atoms with van der Waals surface area (Å²) >= 11 is 0. The highest BCUT2D eigenvalue weighted by molar-refractivity contribution is 6.83. The minimum Gasteiger partial charge on any atom is -0.449 e. The molecule has 0 aliphatic carbocycles. The first-order valence-corrected chi connectivity index (χ1v) is 8.45. The molecular formula is C11H17NOSi. The van der Waals surface area contributed by atoms with Crippen LogP contribution in [-0.2, 0) is 6.42 Å². The number of aromatic nitrogens is 1. The van der Waals surface area contributed by atoms with Crippen molar-refractivity contribution in [3.63, 3.8) is 0 Å². The molecule has 76 valence electrons. The van der Waals surface area contributed by atoms with Crippen LogP contribution in [0.1, 0.15) is 18.6 Å². The summed E-state index contributed by atoms with van der Waals surface area (Å²) in [7, 11) is -1.17. The van der Waals surface area contributed by atoms with Gasteiger partial charge in [-0.3, -0.25) is 0 Å². The summed E-state index contributed by atoms with van der Waals surface area (Å²) in [6, 6.07) is 0. The van der Waals surface area contributed by atoms with E-state index in [1.807, 2.05) is 0 Å². The lowest BCUT2D eigenvalue weighted by Gasteiger charge is -2.02. The fourth-order valence-corrected chi connectivity index (χ4v) is 1.70. The van der Waals surface area contributed by atoms with E-state index in [0.717, 1.165) is 25.0 Å². The summed E-state index contributed by atoms with van der Waals surface area (Å²) in [5.41, 5.74) is 3.34. The van der Waals surface area contributed by atoms with Crippen molar-refractivity contribution in [3.8, 4) is 11.5 Å². The van der Waals surface area contributed by atoms with Crippen molar-refractivity contribution in [2.45, 2.75) is 38.9 Å². The quantitative estimate of drug-likeness (QED) is 0.433. The monoisotopic (exact) mass is 207 g/mol. The maximum atomic E-state index is 5.13. The van der Waals surface area contributed by atoms with Gasteiger partial charge in [0.2, 0.25) is 0 Å². The van der Waals surface area contributed by atoms with Crippen LogP contribution in [0.2, 0.25) is 19.6 Å². The molecule has 0 unspecified atom stereocenters. The Morgan fingerprint density at radius 3 is 2.79 bits per heavy atom. The lowest BCUT2D eigenvalue weighted by molar-refractivity contribution is 0.498. The Hall–Kier alpha value is -1.01. The van der Waals surface area contributed by atoms with Crippen molar-refractivity contribution in [1.82, 2.24) is 4.98 Å². The molecule has 14 heavy (non-hydrogen) atoms. The fourth-order valence-electron chi connectivity index (χ4n) is 1.04. The van der Waals surface area contributed by atoms with Crippen LogP contribution in [0.4, 0.5) is 0 Å². The first-order valence-electron chi connectivity index (χ1n) is 4.95. The van der Waals surface area contributed by atoms with Crippen LogP contribution in [0.15, 0.2) is 17.0 Å². The Labute approximate surface area is 86.7 Å². The largest absolute Gasteiger partial charge is 0.449 e. The maximum Gasteiger partial charge on any atom is 0.180 e. The first-order chi connectivity index (χ1) is 6.58. The maximum absolute atomic E-state index is 5.13. The first kappa shape index (κ1) is 11.1. The predicted molar refractivity (Wildman–Crippen MR) is 60.6 cm³/mol. The second-order valence-electron chi connectivity index (χ2n) is 4.37. The molecule has 0 fully saturated rings. The summed E-state index contributed by atoms with van der Waals surface area (Å²) < 4.78 is 5.13. The molecule has 0 saturated heterocycles. The number of oxazole rings is 1. The smallest absolute Gasteiger partial charge is 0.180 e. The normalized spacial score (nSPS) is 10.8. The average molecular weight is 207 g/mol. The third kappa shape index (κ3) is 4.88. The van der Waals surface area contributed by atoms with Gasteiger partial charge in [0, 0.05) is 12.8 Å². The third-order valence-electron chi connectivity index (χ3n) is 1.67. The number of hydrogen-bond donors (Lipinski definition) is 0. The Kier molecular flexibility index (Phi) is 3.96. The summed E-state index contributed by atoms with van der Waals surface area (Å²) in [5, 5.41) is 0. The highest BCUT2D eigenvalue weighted by Crippen LogP contribution is 2.03.